The molecule has 16 nitrogen and oxygen atoms in total. The molecule has 0 saturated heterocycles. The van der Waals surface area contributed by atoms with Gasteiger partial charge in [-0.2, -0.15) is 0 Å². The van der Waals surface area contributed by atoms with E-state index in [9.17, 15) is 43.5 Å². The third kappa shape index (κ3) is 72.2. The molecular weight excluding hydrogens is 1270 g/mol. The van der Waals surface area contributed by atoms with Crippen molar-refractivity contribution in [2.24, 2.45) is 0 Å². The molecule has 0 spiro atoms. The van der Waals surface area contributed by atoms with E-state index in [1.807, 2.05) is 0 Å². The van der Waals surface area contributed by atoms with E-state index in [-0.39, 0.29) is 19.3 Å². The SMILES string of the molecule is CC/C=C\C/C=C\C/C=C\C/C=C\C/C=C\CCCCCCCCCC(=O)OCC(O)COP(=O)(O)OCC(O)COP(=O)(O)OCC(COC(=O)CCCCC/C=C\C/C=C\C/C=C\C/C=C\C/C=C\CC)OC(=O)CCCCCCCC/C=C\C/C=C\C/C=C\CCCCC. The Kier molecular flexibility index (Phi) is 67.5. The molecular formula is C79H130O16P2. The lowest BCUT2D eigenvalue weighted by Gasteiger charge is -2.21. The molecule has 0 aromatic heterocycles. The Morgan fingerprint density at radius 2 is 0.546 bits per heavy atom. The minimum absolute atomic E-state index is 0.0765. The lowest BCUT2D eigenvalue weighted by molar-refractivity contribution is -0.161. The Bertz CT molecular complexity index is 2400. The number of hydrogen-bond acceptors (Lipinski definition) is 14. The molecule has 5 atom stereocenters. The smallest absolute Gasteiger partial charge is 0.463 e. The highest BCUT2D eigenvalue weighted by molar-refractivity contribution is 7.47. The average molecular weight is 1400 g/mol. The molecule has 0 amide bonds. The molecule has 0 fully saturated rings. The Balaban J connectivity index is 4.74. The second kappa shape index (κ2) is 71.0. The lowest BCUT2D eigenvalue weighted by Crippen LogP contribution is -2.30. The normalized spacial score (nSPS) is 15.0. The van der Waals surface area contributed by atoms with Gasteiger partial charge < -0.3 is 34.2 Å². The summed E-state index contributed by atoms with van der Waals surface area (Å²) in [5.74, 6) is -1.65. The van der Waals surface area contributed by atoms with Gasteiger partial charge in [-0.25, -0.2) is 9.13 Å². The molecule has 0 rings (SSSR count). The van der Waals surface area contributed by atoms with E-state index in [1.165, 1.54) is 19.3 Å². The van der Waals surface area contributed by atoms with Gasteiger partial charge in [0.1, 0.15) is 25.4 Å². The van der Waals surface area contributed by atoms with E-state index >= 15 is 0 Å². The summed E-state index contributed by atoms with van der Waals surface area (Å²) in [4.78, 5) is 58.6. The zero-order valence-electron chi connectivity index (χ0n) is 59.9. The van der Waals surface area contributed by atoms with Gasteiger partial charge in [0, 0.05) is 19.3 Å². The van der Waals surface area contributed by atoms with Crippen molar-refractivity contribution in [3.05, 3.63) is 158 Å². The van der Waals surface area contributed by atoms with E-state index in [0.717, 1.165) is 186 Å². The van der Waals surface area contributed by atoms with Crippen molar-refractivity contribution in [2.75, 3.05) is 39.6 Å². The van der Waals surface area contributed by atoms with Gasteiger partial charge in [0.05, 0.1) is 26.4 Å². The number of ether oxygens (including phenoxy) is 3. The molecule has 0 aromatic carbocycles. The van der Waals surface area contributed by atoms with Crippen LogP contribution >= 0.6 is 15.6 Å². The Morgan fingerprint density at radius 1 is 0.299 bits per heavy atom. The molecule has 97 heavy (non-hydrogen) atoms. The van der Waals surface area contributed by atoms with Crippen molar-refractivity contribution < 1.29 is 75.8 Å². The summed E-state index contributed by atoms with van der Waals surface area (Å²) in [6.45, 7) is 2.34. The number of carbonyl (C=O) groups is 3. The first-order chi connectivity index (χ1) is 47.2. The van der Waals surface area contributed by atoms with E-state index < -0.39 is 91.5 Å². The minimum atomic E-state index is -4.95. The van der Waals surface area contributed by atoms with E-state index in [0.29, 0.717) is 19.3 Å². The van der Waals surface area contributed by atoms with E-state index in [2.05, 4.69) is 179 Å². The van der Waals surface area contributed by atoms with Crippen LogP contribution in [-0.4, -0.2) is 95.9 Å². The number of phosphoric acid groups is 2. The molecule has 0 bridgehead atoms. The van der Waals surface area contributed by atoms with Crippen LogP contribution in [0.4, 0.5) is 0 Å². The van der Waals surface area contributed by atoms with Gasteiger partial charge in [-0.3, -0.25) is 32.5 Å². The number of aliphatic hydroxyl groups excluding tert-OH is 2. The highest BCUT2D eigenvalue weighted by atomic mass is 31.2. The summed E-state index contributed by atoms with van der Waals surface area (Å²) in [6, 6.07) is 0. The fraction of sp³-hybridized carbons (Fsp3) is 0.633. The number of phosphoric ester groups is 2. The van der Waals surface area contributed by atoms with Crippen LogP contribution in [0.1, 0.15) is 265 Å². The van der Waals surface area contributed by atoms with Crippen molar-refractivity contribution in [2.45, 2.75) is 283 Å². The van der Waals surface area contributed by atoms with Crippen molar-refractivity contribution in [3.8, 4) is 0 Å². The van der Waals surface area contributed by atoms with Gasteiger partial charge in [-0.15, -0.1) is 0 Å². The van der Waals surface area contributed by atoms with Gasteiger partial charge in [-0.1, -0.05) is 256 Å². The Morgan fingerprint density at radius 3 is 0.876 bits per heavy atom. The first-order valence-electron chi connectivity index (χ1n) is 36.8. The van der Waals surface area contributed by atoms with Gasteiger partial charge in [0.2, 0.25) is 0 Å². The topological polar surface area (TPSA) is 231 Å². The van der Waals surface area contributed by atoms with Crippen LogP contribution in [0.25, 0.3) is 0 Å². The third-order valence-electron chi connectivity index (χ3n) is 14.7. The molecule has 0 aliphatic carbocycles. The molecule has 0 saturated carbocycles. The number of rotatable bonds is 68. The van der Waals surface area contributed by atoms with Crippen molar-refractivity contribution in [1.29, 1.82) is 0 Å². The largest absolute Gasteiger partial charge is 0.472 e. The Hall–Kier alpha value is -4.83. The molecule has 18 heteroatoms. The number of unbranched alkanes of at least 4 members (excludes halogenated alkanes) is 19. The van der Waals surface area contributed by atoms with Gasteiger partial charge in [0.15, 0.2) is 6.10 Å². The standard InChI is InChI=1S/C79H130O16P2/c1-4-7-10-13-16-19-22-25-28-31-34-35-36-37-40-42-44-47-50-53-56-59-62-65-77(82)89-68-74(80)69-91-96(85,86)92-70-75(81)71-93-97(87,88)94-73-76(95-79(84)67-64-61-58-55-52-49-46-43-39-33-30-27-24-21-18-15-12-9-6-3)72-90-78(83)66-63-60-57-54-51-48-45-41-38-32-29-26-23-20-17-14-11-8-5-2/h7-8,10-11,16-21,25-30,34-35,37-41,43,48,51,74-76,80-81H,4-6,9,12-15,22-24,31-33,36,42,44-47,49-50,52-73H2,1-3H3,(H,85,86)(H,87,88)/b10-7-,11-8-,19-16-,20-17-,21-18-,28-25-,29-26-,30-27-,35-34-,40-37-,41-38-,43-39-,51-48-. The quantitative estimate of drug-likeness (QED) is 0.0146. The zero-order valence-corrected chi connectivity index (χ0v) is 61.7. The molecule has 0 aliphatic heterocycles. The highest BCUT2D eigenvalue weighted by Crippen LogP contribution is 2.45. The molecule has 0 aliphatic rings. The molecule has 552 valence electrons. The van der Waals surface area contributed by atoms with Crippen molar-refractivity contribution >= 4 is 33.6 Å². The second-order valence-corrected chi connectivity index (χ2v) is 26.9. The second-order valence-electron chi connectivity index (χ2n) is 24.0. The minimum Gasteiger partial charge on any atom is -0.463 e. The summed E-state index contributed by atoms with van der Waals surface area (Å²) < 4.78 is 61.0. The number of allylic oxidation sites excluding steroid dienone is 26. The number of esters is 3. The van der Waals surface area contributed by atoms with Crippen LogP contribution in [-0.2, 0) is 55.8 Å². The summed E-state index contributed by atoms with van der Waals surface area (Å²) in [5, 5.41) is 20.6. The monoisotopic (exact) mass is 1400 g/mol. The number of carbonyl (C=O) groups excluding carboxylic acids is 3. The summed E-state index contributed by atoms with van der Waals surface area (Å²) >= 11 is 0. The van der Waals surface area contributed by atoms with Crippen molar-refractivity contribution in [1.82, 2.24) is 0 Å². The first-order valence-corrected chi connectivity index (χ1v) is 39.8. The van der Waals surface area contributed by atoms with Crippen molar-refractivity contribution in [3.63, 3.8) is 0 Å². The van der Waals surface area contributed by atoms with Gasteiger partial charge in [0.25, 0.3) is 0 Å². The average Bonchev–Trinajstić information content (AvgIpc) is 1.81. The maximum Gasteiger partial charge on any atom is 0.472 e. The first kappa shape index (κ1) is 92.2. The molecule has 0 heterocycles. The van der Waals surface area contributed by atoms with E-state index in [1.54, 1.807) is 0 Å². The number of aliphatic hydroxyl groups is 2. The van der Waals surface area contributed by atoms with Gasteiger partial charge >= 0.3 is 33.6 Å². The predicted molar refractivity (Wildman–Crippen MR) is 399 cm³/mol. The highest BCUT2D eigenvalue weighted by Gasteiger charge is 2.29. The predicted octanol–water partition coefficient (Wildman–Crippen LogP) is 21.1. The Labute approximate surface area is 587 Å². The fourth-order valence-corrected chi connectivity index (χ4v) is 10.7. The third-order valence-corrected chi connectivity index (χ3v) is 16.6. The summed E-state index contributed by atoms with van der Waals surface area (Å²) in [6.07, 6.45) is 87.1. The van der Waals surface area contributed by atoms with Crippen LogP contribution in [0, 0.1) is 0 Å². The maximum absolute atomic E-state index is 13.0. The molecule has 0 aromatic rings. The molecule has 0 radical (unpaired) electrons. The fourth-order valence-electron chi connectivity index (χ4n) is 9.16. The molecule has 4 N–H and O–H groups in total. The van der Waals surface area contributed by atoms with Gasteiger partial charge in [-0.05, 0) is 148 Å². The van der Waals surface area contributed by atoms with Crippen LogP contribution in [0.2, 0.25) is 0 Å². The maximum atomic E-state index is 13.0. The summed E-state index contributed by atoms with van der Waals surface area (Å²) in [5.41, 5.74) is 0. The van der Waals surface area contributed by atoms with Crippen LogP contribution in [0.5, 0.6) is 0 Å². The molecule has 5 unspecified atom stereocenters. The summed E-state index contributed by atoms with van der Waals surface area (Å²) in [7, 11) is -9.81. The van der Waals surface area contributed by atoms with Crippen LogP contribution in [0.15, 0.2) is 158 Å². The number of hydrogen-bond donors (Lipinski definition) is 4. The van der Waals surface area contributed by atoms with E-state index in [4.69, 9.17) is 32.3 Å². The van der Waals surface area contributed by atoms with Crippen LogP contribution in [0.3, 0.4) is 0 Å². The zero-order chi connectivity index (χ0) is 70.9. The lowest BCUT2D eigenvalue weighted by atomic mass is 10.1. The van der Waals surface area contributed by atoms with Crippen LogP contribution < -0.4 is 0 Å².